The molecule has 30 heavy (non-hydrogen) atoms. The molecule has 3 nitrogen and oxygen atoms in total. The molecule has 2 fully saturated rings. The molecule has 0 N–H and O–H groups in total. The Morgan fingerprint density at radius 3 is 2.20 bits per heavy atom. The van der Waals surface area contributed by atoms with Gasteiger partial charge in [-0.2, -0.15) is 5.10 Å². The van der Waals surface area contributed by atoms with Crippen LogP contribution in [0.4, 0.5) is 0 Å². The largest absolute Gasteiger partial charge is 0.382 e. The Balaban J connectivity index is 1.71. The smallest absolute Gasteiger partial charge is 0.0704 e. The van der Waals surface area contributed by atoms with Gasteiger partial charge in [0.05, 0.1) is 18.4 Å². The van der Waals surface area contributed by atoms with Crippen molar-refractivity contribution in [1.82, 2.24) is 5.01 Å². The Hall–Kier alpha value is -1.70. The summed E-state index contributed by atoms with van der Waals surface area (Å²) in [7, 11) is 1.20. The lowest BCUT2D eigenvalue weighted by Crippen LogP contribution is -2.35. The highest BCUT2D eigenvalue weighted by Crippen LogP contribution is 2.43. The summed E-state index contributed by atoms with van der Waals surface area (Å²) in [5.41, 5.74) is 1.47. The van der Waals surface area contributed by atoms with Crippen LogP contribution in [0.5, 0.6) is 0 Å². The van der Waals surface area contributed by atoms with E-state index in [4.69, 9.17) is 9.84 Å². The summed E-state index contributed by atoms with van der Waals surface area (Å²) in [6.07, 6.45) is 10.9. The molecule has 2 atom stereocenters. The van der Waals surface area contributed by atoms with E-state index in [2.05, 4.69) is 98.3 Å². The number of hydrogen-bond acceptors (Lipinski definition) is 3. The number of ether oxygens (including phenoxy) is 1. The normalized spacial score (nSPS) is 21.5. The van der Waals surface area contributed by atoms with Crippen LogP contribution in [0.1, 0.15) is 19.8 Å². The molecule has 4 heteroatoms. The highest BCUT2D eigenvalue weighted by atomic mass is 31.1. The topological polar surface area (TPSA) is 24.8 Å². The number of nitrogens with zero attached hydrogens (tertiary/aromatic N) is 2. The van der Waals surface area contributed by atoms with Crippen molar-refractivity contribution in [2.24, 2.45) is 5.10 Å². The number of hydrazone groups is 1. The van der Waals surface area contributed by atoms with Crippen LogP contribution in [0.2, 0.25) is 0 Å². The first-order valence-corrected chi connectivity index (χ1v) is 12.1. The average molecular weight is 418 g/mol. The molecule has 0 amide bonds. The van der Waals surface area contributed by atoms with E-state index in [1.54, 1.807) is 7.11 Å². The molecule has 1 aliphatic heterocycles. The zero-order chi connectivity index (χ0) is 20.8. The summed E-state index contributed by atoms with van der Waals surface area (Å²) < 4.78 is 5.47. The highest BCUT2D eigenvalue weighted by molar-refractivity contribution is 7.74. The Bertz CT molecular complexity index is 765. The van der Waals surface area contributed by atoms with Gasteiger partial charge in [-0.05, 0) is 57.1 Å². The number of rotatable bonds is 8. The molecule has 2 aromatic rings. The van der Waals surface area contributed by atoms with E-state index in [0.29, 0.717) is 6.04 Å². The van der Waals surface area contributed by atoms with E-state index in [0.717, 1.165) is 19.6 Å². The molecule has 2 aromatic carbocycles. The van der Waals surface area contributed by atoms with Gasteiger partial charge >= 0.3 is 0 Å². The third-order valence-corrected chi connectivity index (χ3v) is 8.48. The Morgan fingerprint density at radius 1 is 1.03 bits per heavy atom. The van der Waals surface area contributed by atoms with Crippen LogP contribution in [0.3, 0.4) is 0 Å². The second-order valence-corrected chi connectivity index (χ2v) is 10.3. The van der Waals surface area contributed by atoms with Gasteiger partial charge in [0.2, 0.25) is 0 Å². The zero-order valence-electron chi connectivity index (χ0n) is 17.8. The van der Waals surface area contributed by atoms with Crippen LogP contribution in [0.25, 0.3) is 0 Å². The minimum atomic E-state index is -0.587. The van der Waals surface area contributed by atoms with Crippen molar-refractivity contribution < 1.29 is 4.74 Å². The fraction of sp³-hybridized carbons (Fsp3) is 0.308. The van der Waals surface area contributed by atoms with Crippen molar-refractivity contribution in [2.45, 2.75) is 31.5 Å². The van der Waals surface area contributed by atoms with E-state index < -0.39 is 7.92 Å². The van der Waals surface area contributed by atoms with Gasteiger partial charge in [0.15, 0.2) is 0 Å². The predicted octanol–water partition coefficient (Wildman–Crippen LogP) is 4.38. The van der Waals surface area contributed by atoms with Gasteiger partial charge in [-0.3, -0.25) is 5.01 Å². The SMILES string of the molecule is COC[C@@H]1CCCN1/N=C(/[C]1[CH][CH][CH][CH]1)[C@@H](C)P(c1ccccc1)c1ccccc1. The average Bonchev–Trinajstić information content (AvgIpc) is 3.46. The Labute approximate surface area is 183 Å². The number of hydrogen-bond donors (Lipinski definition) is 0. The number of methoxy groups -OCH3 is 1. The van der Waals surface area contributed by atoms with Gasteiger partial charge in [-0.15, -0.1) is 0 Å². The maximum absolute atomic E-state index is 5.47. The maximum atomic E-state index is 5.47. The van der Waals surface area contributed by atoms with Gasteiger partial charge in [-0.25, -0.2) is 0 Å². The first-order valence-electron chi connectivity index (χ1n) is 10.7. The first-order chi connectivity index (χ1) is 14.8. The van der Waals surface area contributed by atoms with Crippen molar-refractivity contribution in [1.29, 1.82) is 0 Å². The predicted molar refractivity (Wildman–Crippen MR) is 128 cm³/mol. The van der Waals surface area contributed by atoms with Gasteiger partial charge in [-0.1, -0.05) is 67.6 Å². The molecule has 2 aliphatic rings. The third-order valence-electron chi connectivity index (χ3n) is 5.75. The molecule has 4 rings (SSSR count). The summed E-state index contributed by atoms with van der Waals surface area (Å²) in [4.78, 5) is 0. The van der Waals surface area contributed by atoms with Gasteiger partial charge in [0.1, 0.15) is 0 Å². The van der Waals surface area contributed by atoms with Crippen LogP contribution in [-0.4, -0.2) is 42.7 Å². The minimum Gasteiger partial charge on any atom is -0.382 e. The summed E-state index contributed by atoms with van der Waals surface area (Å²) in [6, 6.07) is 22.2. The summed E-state index contributed by atoms with van der Waals surface area (Å²) >= 11 is 0. The summed E-state index contributed by atoms with van der Waals surface area (Å²) in [5, 5.41) is 10.3. The highest BCUT2D eigenvalue weighted by Gasteiger charge is 2.34. The fourth-order valence-corrected chi connectivity index (χ4v) is 6.90. The van der Waals surface area contributed by atoms with E-state index >= 15 is 0 Å². The van der Waals surface area contributed by atoms with Gasteiger partial charge in [0.25, 0.3) is 0 Å². The quantitative estimate of drug-likeness (QED) is 0.470. The molecule has 0 bridgehead atoms. The van der Waals surface area contributed by atoms with Crippen LogP contribution >= 0.6 is 7.92 Å². The summed E-state index contributed by atoms with van der Waals surface area (Å²) in [6.45, 7) is 4.08. The van der Waals surface area contributed by atoms with Crippen molar-refractivity contribution >= 4 is 24.2 Å². The Kier molecular flexibility index (Phi) is 7.57. The molecule has 0 aromatic heterocycles. The molecule has 1 heterocycles. The lowest BCUT2D eigenvalue weighted by molar-refractivity contribution is 0.118. The van der Waals surface area contributed by atoms with Crippen molar-refractivity contribution in [3.05, 3.63) is 92.3 Å². The van der Waals surface area contributed by atoms with E-state index in [1.165, 1.54) is 28.7 Å². The standard InChI is InChI=1S/C26H30N2OP/c1-21(30(24-15-5-3-6-16-24)25-17-7-4-8-18-25)26(22-12-9-10-13-22)27-28-19-11-14-23(28)20-29-2/h3-10,12-13,15-18,21,23H,11,14,19-20H2,1-2H3/b27-26+/t21-,23+/m1/s1. The maximum Gasteiger partial charge on any atom is 0.0704 e. The molecule has 1 saturated carbocycles. The molecule has 0 unspecified atom stereocenters. The summed E-state index contributed by atoms with van der Waals surface area (Å²) in [5.74, 6) is 1.23. The van der Waals surface area contributed by atoms with Crippen LogP contribution < -0.4 is 10.6 Å². The fourth-order valence-electron chi connectivity index (χ4n) is 4.28. The lowest BCUT2D eigenvalue weighted by Gasteiger charge is -2.31. The third kappa shape index (κ3) is 4.95. The van der Waals surface area contributed by atoms with Crippen LogP contribution in [0.15, 0.2) is 65.8 Å². The van der Waals surface area contributed by atoms with Crippen molar-refractivity contribution in [3.8, 4) is 0 Å². The van der Waals surface area contributed by atoms with E-state index in [-0.39, 0.29) is 5.66 Å². The minimum absolute atomic E-state index is 0.288. The molecular formula is C26H30N2OP. The molecule has 1 aliphatic carbocycles. The lowest BCUT2D eigenvalue weighted by atomic mass is 9.99. The van der Waals surface area contributed by atoms with Crippen molar-refractivity contribution in [2.75, 3.05) is 20.3 Å². The number of benzene rings is 2. The monoisotopic (exact) mass is 417 g/mol. The molecular weight excluding hydrogens is 387 g/mol. The zero-order valence-corrected chi connectivity index (χ0v) is 18.7. The molecule has 155 valence electrons. The molecule has 5 radical (unpaired) electrons. The second kappa shape index (κ2) is 10.6. The molecule has 1 saturated heterocycles. The van der Waals surface area contributed by atoms with Crippen LogP contribution in [-0.2, 0) is 4.74 Å². The van der Waals surface area contributed by atoms with Gasteiger partial charge < -0.3 is 4.74 Å². The van der Waals surface area contributed by atoms with E-state index in [9.17, 15) is 0 Å². The second-order valence-electron chi connectivity index (χ2n) is 7.79. The van der Waals surface area contributed by atoms with Crippen molar-refractivity contribution in [3.63, 3.8) is 0 Å². The van der Waals surface area contributed by atoms with Crippen LogP contribution in [0, 0.1) is 31.6 Å². The first kappa shape index (κ1) is 21.5. The van der Waals surface area contributed by atoms with E-state index in [1.807, 2.05) is 0 Å². The molecule has 0 spiro atoms. The Morgan fingerprint density at radius 2 is 1.63 bits per heavy atom. The van der Waals surface area contributed by atoms with Gasteiger partial charge in [0, 0.05) is 25.2 Å².